The Hall–Kier alpha value is -3.97. The molecule has 11 nitrogen and oxygen atoms in total. The number of nitrogens with two attached hydrogens (primary N) is 1. The third-order valence-corrected chi connectivity index (χ3v) is 10.3. The van der Waals surface area contributed by atoms with Crippen LogP contribution in [0.3, 0.4) is 0 Å². The SMILES string of the molecule is COc1c(Cl)c(-c2nc(N)cc(C)c2C(F)(F)F)c(F)c2nc(OC[C@@]34CCCN3C[C@H](F)C4)nc(N3CC4CCC(C3)N4)c12.O=C(O)C(F)(F)F. The van der Waals surface area contributed by atoms with Crippen LogP contribution in [0, 0.1) is 12.7 Å². The number of fused-ring (bicyclic) bond motifs is 4. The minimum absolute atomic E-state index is 0.0819. The van der Waals surface area contributed by atoms with Gasteiger partial charge in [0.05, 0.1) is 39.9 Å². The summed E-state index contributed by atoms with van der Waals surface area (Å²) in [6.45, 7) is 3.45. The van der Waals surface area contributed by atoms with Crippen LogP contribution in [0.15, 0.2) is 6.07 Å². The summed E-state index contributed by atoms with van der Waals surface area (Å²) in [4.78, 5) is 26.0. The van der Waals surface area contributed by atoms with Crippen LogP contribution in [0.4, 0.5) is 46.8 Å². The number of carbonyl (C=O) groups is 1. The molecule has 4 fully saturated rings. The predicted octanol–water partition coefficient (Wildman–Crippen LogP) is 5.93. The Kier molecular flexibility index (Phi) is 10.0. The van der Waals surface area contributed by atoms with Crippen molar-refractivity contribution in [2.75, 3.05) is 50.5 Å². The number of nitrogens with zero attached hydrogens (tertiary/aromatic N) is 5. The van der Waals surface area contributed by atoms with E-state index in [1.807, 2.05) is 4.90 Å². The highest BCUT2D eigenvalue weighted by Gasteiger charge is 2.49. The van der Waals surface area contributed by atoms with E-state index in [1.54, 1.807) is 0 Å². The summed E-state index contributed by atoms with van der Waals surface area (Å²) in [5.41, 5.74) is 2.16. The number of halogens is 9. The number of anilines is 2. The van der Waals surface area contributed by atoms with E-state index in [9.17, 15) is 30.7 Å². The summed E-state index contributed by atoms with van der Waals surface area (Å²) in [6.07, 6.45) is -7.13. The summed E-state index contributed by atoms with van der Waals surface area (Å²) in [5, 5.41) is 10.4. The molecular formula is C32H34ClF8N7O4. The first-order valence-electron chi connectivity index (χ1n) is 16.3. The van der Waals surface area contributed by atoms with Gasteiger partial charge in [-0.25, -0.2) is 18.6 Å². The topological polar surface area (TPSA) is 139 Å². The van der Waals surface area contributed by atoms with Crippen LogP contribution in [0.1, 0.15) is 43.2 Å². The van der Waals surface area contributed by atoms with Crippen molar-refractivity contribution in [3.05, 3.63) is 28.0 Å². The van der Waals surface area contributed by atoms with Gasteiger partial charge in [0, 0.05) is 38.1 Å². The molecule has 4 aliphatic heterocycles. The number of hydrogen-bond acceptors (Lipinski definition) is 10. The summed E-state index contributed by atoms with van der Waals surface area (Å²) in [5.74, 6) is -3.94. The van der Waals surface area contributed by atoms with E-state index in [-0.39, 0.29) is 52.7 Å². The van der Waals surface area contributed by atoms with Crippen LogP contribution in [0.25, 0.3) is 22.2 Å². The molecule has 284 valence electrons. The molecule has 0 radical (unpaired) electrons. The van der Waals surface area contributed by atoms with Crippen molar-refractivity contribution >= 4 is 40.1 Å². The Morgan fingerprint density at radius 2 is 1.79 bits per heavy atom. The van der Waals surface area contributed by atoms with Crippen molar-refractivity contribution in [3.8, 4) is 23.0 Å². The first kappa shape index (κ1) is 37.8. The van der Waals surface area contributed by atoms with Gasteiger partial charge in [0.25, 0.3) is 0 Å². The number of piperazine rings is 1. The zero-order valence-electron chi connectivity index (χ0n) is 27.8. The summed E-state index contributed by atoms with van der Waals surface area (Å²) >= 11 is 6.72. The van der Waals surface area contributed by atoms with Gasteiger partial charge in [-0.1, -0.05) is 11.6 Å². The third-order valence-electron chi connectivity index (χ3n) is 9.89. The molecule has 4 aliphatic rings. The molecule has 3 aromatic rings. The molecule has 6 heterocycles. The normalized spacial score (nSPS) is 24.5. The summed E-state index contributed by atoms with van der Waals surface area (Å²) in [7, 11) is 1.29. The fourth-order valence-electron chi connectivity index (χ4n) is 7.78. The smallest absolute Gasteiger partial charge is 0.490 e. The number of methoxy groups -OCH3 is 1. The highest BCUT2D eigenvalue weighted by Crippen LogP contribution is 2.50. The first-order chi connectivity index (χ1) is 24.3. The van der Waals surface area contributed by atoms with Crippen molar-refractivity contribution in [2.24, 2.45) is 0 Å². The lowest BCUT2D eigenvalue weighted by molar-refractivity contribution is -0.192. The molecule has 7 rings (SSSR count). The van der Waals surface area contributed by atoms with Crippen molar-refractivity contribution in [2.45, 2.75) is 75.2 Å². The van der Waals surface area contributed by atoms with Gasteiger partial charge in [0.15, 0.2) is 11.6 Å². The van der Waals surface area contributed by atoms with E-state index in [0.717, 1.165) is 38.3 Å². The number of ether oxygens (including phenoxy) is 2. The van der Waals surface area contributed by atoms with Crippen molar-refractivity contribution in [1.82, 2.24) is 25.2 Å². The van der Waals surface area contributed by atoms with Gasteiger partial charge in [-0.3, -0.25) is 4.90 Å². The van der Waals surface area contributed by atoms with Gasteiger partial charge >= 0.3 is 24.3 Å². The monoisotopic (exact) mass is 767 g/mol. The molecule has 4 saturated heterocycles. The Morgan fingerprint density at radius 1 is 1.13 bits per heavy atom. The Balaban J connectivity index is 0.000000604. The van der Waals surface area contributed by atoms with E-state index >= 15 is 4.39 Å². The first-order valence-corrected chi connectivity index (χ1v) is 16.6. The lowest BCUT2D eigenvalue weighted by Gasteiger charge is -2.35. The van der Waals surface area contributed by atoms with Crippen LogP contribution in [0.5, 0.6) is 11.8 Å². The van der Waals surface area contributed by atoms with Crippen LogP contribution >= 0.6 is 11.6 Å². The minimum atomic E-state index is -5.08. The Bertz CT molecular complexity index is 1870. The number of pyridine rings is 1. The van der Waals surface area contributed by atoms with Crippen LogP contribution in [0.2, 0.25) is 5.02 Å². The second-order valence-electron chi connectivity index (χ2n) is 13.4. The number of benzene rings is 1. The van der Waals surface area contributed by atoms with Crippen molar-refractivity contribution in [1.29, 1.82) is 0 Å². The highest BCUT2D eigenvalue weighted by molar-refractivity contribution is 6.36. The largest absolute Gasteiger partial charge is 0.494 e. The van der Waals surface area contributed by atoms with Gasteiger partial charge < -0.3 is 30.5 Å². The number of aromatic nitrogens is 3. The molecule has 2 aromatic heterocycles. The van der Waals surface area contributed by atoms with Crippen LogP contribution in [-0.4, -0.2) is 101 Å². The number of nitrogens with one attached hydrogen (secondary N) is 1. The molecule has 2 bridgehead atoms. The fraction of sp³-hybridized carbons (Fsp3) is 0.562. The van der Waals surface area contributed by atoms with E-state index in [4.69, 9.17) is 41.7 Å². The second kappa shape index (κ2) is 13.8. The maximum Gasteiger partial charge on any atom is 0.490 e. The summed E-state index contributed by atoms with van der Waals surface area (Å²) < 4.78 is 118. The van der Waals surface area contributed by atoms with Gasteiger partial charge in [-0.2, -0.15) is 36.3 Å². The van der Waals surface area contributed by atoms with Crippen molar-refractivity contribution < 1.29 is 54.5 Å². The number of carboxylic acids is 1. The molecule has 1 aromatic carbocycles. The molecule has 0 spiro atoms. The van der Waals surface area contributed by atoms with E-state index in [1.165, 1.54) is 14.0 Å². The quantitative estimate of drug-likeness (QED) is 0.257. The number of carboxylic acid groups (broad SMARTS) is 1. The number of alkyl halides is 7. The van der Waals surface area contributed by atoms with Crippen molar-refractivity contribution in [3.63, 3.8) is 0 Å². The van der Waals surface area contributed by atoms with E-state index in [2.05, 4.69) is 20.2 Å². The van der Waals surface area contributed by atoms with Crippen LogP contribution < -0.4 is 25.4 Å². The number of aryl methyl sites for hydroxylation is 1. The maximum absolute atomic E-state index is 16.8. The fourth-order valence-corrected chi connectivity index (χ4v) is 8.13. The average Bonchev–Trinajstić information content (AvgIpc) is 3.69. The zero-order chi connectivity index (χ0) is 37.9. The van der Waals surface area contributed by atoms with Gasteiger partial charge in [-0.15, -0.1) is 0 Å². The number of nitrogen functional groups attached to an aromatic ring is 1. The molecule has 52 heavy (non-hydrogen) atoms. The molecule has 2 unspecified atom stereocenters. The highest BCUT2D eigenvalue weighted by atomic mass is 35.5. The van der Waals surface area contributed by atoms with Gasteiger partial charge in [-0.05, 0) is 50.8 Å². The molecule has 4 atom stereocenters. The average molecular weight is 768 g/mol. The Morgan fingerprint density at radius 3 is 2.38 bits per heavy atom. The van der Waals surface area contributed by atoms with E-state index in [0.29, 0.717) is 31.9 Å². The standard InChI is InChI=1S/C30H33ClF5N7O2.C2HF3O2/c1-14-8-18(37)39-24(21(14)30(34,35)36)19-22(31)26(44-2)20-25(23(19)33)40-28(41-27(20)42-11-16-4-5-17(12-42)38-16)45-13-29-6-3-7-43(29)10-15(32)9-29;3-2(4,5)1(6)7/h8,15-17,38H,3-7,9-13H2,1-2H3,(H2,37,39);(H,6,7)/t15-,16?,17?,29+;/m1./s1. The molecule has 0 aliphatic carbocycles. The molecule has 4 N–H and O–H groups in total. The predicted molar refractivity (Wildman–Crippen MR) is 173 cm³/mol. The van der Waals surface area contributed by atoms with E-state index < -0.39 is 57.7 Å². The third kappa shape index (κ3) is 7.05. The lowest BCUT2D eigenvalue weighted by Crippen LogP contribution is -2.51. The second-order valence-corrected chi connectivity index (χ2v) is 13.8. The number of rotatable bonds is 6. The summed E-state index contributed by atoms with van der Waals surface area (Å²) in [6, 6.07) is 1.23. The molecule has 0 saturated carbocycles. The lowest BCUT2D eigenvalue weighted by atomic mass is 9.95. The number of aliphatic carboxylic acids is 1. The number of hydrogen-bond donors (Lipinski definition) is 3. The van der Waals surface area contributed by atoms with Gasteiger partial charge in [0.1, 0.15) is 29.9 Å². The maximum atomic E-state index is 16.8. The molecular weight excluding hydrogens is 734 g/mol. The molecule has 20 heteroatoms. The molecule has 0 amide bonds. The minimum Gasteiger partial charge on any atom is -0.494 e. The van der Waals surface area contributed by atoms with Gasteiger partial charge in [0.2, 0.25) is 0 Å². The Labute approximate surface area is 296 Å². The van der Waals surface area contributed by atoms with Crippen LogP contribution in [-0.2, 0) is 11.0 Å². The zero-order valence-corrected chi connectivity index (χ0v) is 28.5.